The predicted octanol–water partition coefficient (Wildman–Crippen LogP) is 4.82. The number of hydrogen-bond acceptors (Lipinski definition) is 6. The Morgan fingerprint density at radius 2 is 2.23 bits per heavy atom. The van der Waals surface area contributed by atoms with Gasteiger partial charge in [0.1, 0.15) is 17.1 Å². The molecule has 5 rings (SSSR count). The molecule has 1 N–H and O–H groups in total. The van der Waals surface area contributed by atoms with E-state index in [1.54, 1.807) is 29.0 Å². The topological polar surface area (TPSA) is 85.8 Å². The highest BCUT2D eigenvalue weighted by Gasteiger charge is 2.29. The number of carbonyl (C=O) groups excluding carboxylic acids is 1. The number of amides is 1. The van der Waals surface area contributed by atoms with Gasteiger partial charge in [0.2, 0.25) is 5.95 Å². The van der Waals surface area contributed by atoms with Gasteiger partial charge in [-0.25, -0.2) is 15.0 Å². The summed E-state index contributed by atoms with van der Waals surface area (Å²) >= 11 is 1.34. The highest BCUT2D eigenvalue weighted by Crippen LogP contribution is 2.41. The van der Waals surface area contributed by atoms with Crippen molar-refractivity contribution in [2.75, 3.05) is 5.32 Å². The molecule has 1 saturated carbocycles. The highest BCUT2D eigenvalue weighted by molar-refractivity contribution is 7.14. The molecule has 4 aromatic heterocycles. The van der Waals surface area contributed by atoms with Crippen LogP contribution in [-0.2, 0) is 6.54 Å². The fraction of sp³-hybridized carbons (Fsp3) is 0.182. The summed E-state index contributed by atoms with van der Waals surface area (Å²) in [4.78, 5) is 25.0. The number of hydrogen-bond donors (Lipinski definition) is 1. The van der Waals surface area contributed by atoms with Gasteiger partial charge >= 0.3 is 0 Å². The molecule has 0 bridgehead atoms. The van der Waals surface area contributed by atoms with Crippen molar-refractivity contribution in [3.05, 3.63) is 82.8 Å². The zero-order valence-corrected chi connectivity index (χ0v) is 17.2. The molecule has 1 aliphatic rings. The molecule has 0 atom stereocenters. The van der Waals surface area contributed by atoms with E-state index in [4.69, 9.17) is 4.42 Å². The van der Waals surface area contributed by atoms with Crippen LogP contribution in [-0.4, -0.2) is 25.4 Å². The first-order chi connectivity index (χ1) is 15.2. The summed E-state index contributed by atoms with van der Waals surface area (Å²) in [6.07, 6.45) is 10.7. The van der Waals surface area contributed by atoms with E-state index in [9.17, 15) is 9.18 Å². The van der Waals surface area contributed by atoms with E-state index in [0.717, 1.165) is 35.6 Å². The maximum absolute atomic E-state index is 13.3. The van der Waals surface area contributed by atoms with Crippen LogP contribution < -0.4 is 5.32 Å². The lowest BCUT2D eigenvalue weighted by Crippen LogP contribution is -2.17. The lowest BCUT2D eigenvalue weighted by atomic mass is 10.2. The molecule has 31 heavy (non-hydrogen) atoms. The van der Waals surface area contributed by atoms with Gasteiger partial charge in [-0.15, -0.1) is 11.3 Å². The van der Waals surface area contributed by atoms with Gasteiger partial charge in [0.05, 0.1) is 5.69 Å². The smallest absolute Gasteiger partial charge is 0.274 e. The molecule has 9 heteroatoms. The van der Waals surface area contributed by atoms with Gasteiger partial charge in [0, 0.05) is 30.2 Å². The molecular weight excluding hydrogens is 417 g/mol. The van der Waals surface area contributed by atoms with Crippen LogP contribution in [0.15, 0.2) is 52.9 Å². The fourth-order valence-corrected chi connectivity index (χ4v) is 3.95. The molecule has 0 aromatic carbocycles. The number of anilines is 1. The summed E-state index contributed by atoms with van der Waals surface area (Å²) in [7, 11) is 0. The number of aromatic nitrogens is 4. The van der Waals surface area contributed by atoms with Gasteiger partial charge in [-0.2, -0.15) is 4.39 Å². The Bertz CT molecular complexity index is 1250. The molecule has 0 saturated heterocycles. The van der Waals surface area contributed by atoms with E-state index in [0.29, 0.717) is 23.3 Å². The van der Waals surface area contributed by atoms with E-state index >= 15 is 0 Å². The molecule has 1 fully saturated rings. The van der Waals surface area contributed by atoms with Crippen molar-refractivity contribution in [1.82, 2.24) is 19.5 Å². The van der Waals surface area contributed by atoms with Crippen molar-refractivity contribution in [1.29, 1.82) is 0 Å². The van der Waals surface area contributed by atoms with Crippen molar-refractivity contribution in [2.45, 2.75) is 25.3 Å². The second kappa shape index (κ2) is 8.27. The maximum Gasteiger partial charge on any atom is 0.274 e. The van der Waals surface area contributed by atoms with Gasteiger partial charge in [-0.1, -0.05) is 0 Å². The number of carbonyl (C=O) groups is 1. The van der Waals surface area contributed by atoms with Crippen molar-refractivity contribution < 1.29 is 13.6 Å². The van der Waals surface area contributed by atoms with Gasteiger partial charge < -0.3 is 8.98 Å². The number of oxazole rings is 1. The second-order valence-corrected chi connectivity index (χ2v) is 8.11. The second-order valence-electron chi connectivity index (χ2n) is 7.25. The molecule has 0 aliphatic heterocycles. The Kier molecular flexibility index (Phi) is 5.17. The summed E-state index contributed by atoms with van der Waals surface area (Å²) in [5, 5.41) is 5.19. The number of pyridine rings is 1. The van der Waals surface area contributed by atoms with Crippen LogP contribution in [0.1, 0.15) is 52.0 Å². The number of halogens is 1. The molecule has 0 spiro atoms. The number of nitrogens with zero attached hydrogens (tertiary/aromatic N) is 4. The average Bonchev–Trinajstić information content (AvgIpc) is 3.14. The SMILES string of the molecule is O=C(Nc1nc(/C=C/c2ncoc2C2CC2)cs1)c1cccn1Cc1ccnc(F)c1. The molecule has 4 aromatic rings. The summed E-state index contributed by atoms with van der Waals surface area (Å²) in [5.74, 6) is 0.577. The number of nitrogens with one attached hydrogen (secondary N) is 1. The summed E-state index contributed by atoms with van der Waals surface area (Å²) < 4.78 is 20.6. The third-order valence-corrected chi connectivity index (χ3v) is 5.71. The van der Waals surface area contributed by atoms with Crippen LogP contribution in [0.5, 0.6) is 0 Å². The Morgan fingerprint density at radius 1 is 1.32 bits per heavy atom. The number of thiazole rings is 1. The van der Waals surface area contributed by atoms with E-state index in [1.165, 1.54) is 30.0 Å². The third-order valence-electron chi connectivity index (χ3n) is 4.93. The van der Waals surface area contributed by atoms with Crippen molar-refractivity contribution in [3.8, 4) is 0 Å². The standard InChI is InChI=1S/C22H18FN5O2S/c23-19-10-14(7-8-24-19)11-28-9-1-2-18(28)21(29)27-22-26-16(12-31-22)5-6-17-20(15-3-4-15)30-13-25-17/h1-2,5-10,12-13,15H,3-4,11H2,(H,26,27,29)/b6-5+. The lowest BCUT2D eigenvalue weighted by molar-refractivity contribution is 0.101. The molecule has 0 radical (unpaired) electrons. The first-order valence-corrected chi connectivity index (χ1v) is 10.7. The van der Waals surface area contributed by atoms with Crippen LogP contribution in [0.25, 0.3) is 12.2 Å². The van der Waals surface area contributed by atoms with E-state index < -0.39 is 5.95 Å². The number of rotatable bonds is 7. The van der Waals surface area contributed by atoms with Crippen LogP contribution in [0.3, 0.4) is 0 Å². The minimum Gasteiger partial charge on any atom is -0.448 e. The normalized spacial score (nSPS) is 13.7. The van der Waals surface area contributed by atoms with Crippen LogP contribution in [0.2, 0.25) is 0 Å². The van der Waals surface area contributed by atoms with Crippen LogP contribution >= 0.6 is 11.3 Å². The molecule has 1 amide bonds. The molecule has 4 heterocycles. The molecular formula is C22H18FN5O2S. The van der Waals surface area contributed by atoms with Gasteiger partial charge in [0.15, 0.2) is 11.5 Å². The first-order valence-electron chi connectivity index (χ1n) is 9.79. The summed E-state index contributed by atoms with van der Waals surface area (Å²) in [5.41, 5.74) is 2.73. The molecule has 0 unspecified atom stereocenters. The molecule has 7 nitrogen and oxygen atoms in total. The lowest BCUT2D eigenvalue weighted by Gasteiger charge is -2.09. The summed E-state index contributed by atoms with van der Waals surface area (Å²) in [6, 6.07) is 6.56. The van der Waals surface area contributed by atoms with Crippen LogP contribution in [0, 0.1) is 5.95 Å². The van der Waals surface area contributed by atoms with Crippen molar-refractivity contribution in [2.24, 2.45) is 0 Å². The predicted molar refractivity (Wildman–Crippen MR) is 115 cm³/mol. The minimum atomic E-state index is -0.547. The van der Waals surface area contributed by atoms with Crippen LogP contribution in [0.4, 0.5) is 9.52 Å². The largest absolute Gasteiger partial charge is 0.448 e. The summed E-state index contributed by atoms with van der Waals surface area (Å²) in [6.45, 7) is 0.363. The van der Waals surface area contributed by atoms with E-state index in [1.807, 2.05) is 17.5 Å². The maximum atomic E-state index is 13.3. The van der Waals surface area contributed by atoms with Crippen molar-refractivity contribution in [3.63, 3.8) is 0 Å². The highest BCUT2D eigenvalue weighted by atomic mass is 32.1. The Balaban J connectivity index is 1.26. The third kappa shape index (κ3) is 4.46. The van der Waals surface area contributed by atoms with Gasteiger partial charge in [-0.3, -0.25) is 10.1 Å². The quantitative estimate of drug-likeness (QED) is 0.421. The first kappa shape index (κ1) is 19.4. The van der Waals surface area contributed by atoms with E-state index in [-0.39, 0.29) is 5.91 Å². The molecule has 156 valence electrons. The van der Waals surface area contributed by atoms with Gasteiger partial charge in [-0.05, 0) is 54.8 Å². The zero-order valence-electron chi connectivity index (χ0n) is 16.4. The Hall–Kier alpha value is -3.59. The van der Waals surface area contributed by atoms with E-state index in [2.05, 4.69) is 20.3 Å². The van der Waals surface area contributed by atoms with Gasteiger partial charge in [0.25, 0.3) is 5.91 Å². The minimum absolute atomic E-state index is 0.281. The Labute approximate surface area is 181 Å². The van der Waals surface area contributed by atoms with Crippen molar-refractivity contribution >= 4 is 34.5 Å². The fourth-order valence-electron chi connectivity index (χ4n) is 3.28. The molecule has 1 aliphatic carbocycles. The Morgan fingerprint density at radius 3 is 3.06 bits per heavy atom. The zero-order chi connectivity index (χ0) is 21.2. The monoisotopic (exact) mass is 435 g/mol. The average molecular weight is 435 g/mol.